The van der Waals surface area contributed by atoms with Gasteiger partial charge in [-0.15, -0.1) is 0 Å². The van der Waals surface area contributed by atoms with Crippen LogP contribution >= 0.6 is 0 Å². The average Bonchev–Trinajstić information content (AvgIpc) is 2.58. The molecule has 1 fully saturated rings. The van der Waals surface area contributed by atoms with Gasteiger partial charge in [0.2, 0.25) is 0 Å². The van der Waals surface area contributed by atoms with Gasteiger partial charge in [0, 0.05) is 5.92 Å². The molecule has 0 aromatic rings. The minimum atomic E-state index is 0.269. The van der Waals surface area contributed by atoms with E-state index in [4.69, 9.17) is 0 Å². The van der Waals surface area contributed by atoms with Crippen molar-refractivity contribution in [2.24, 2.45) is 11.8 Å². The molecule has 1 saturated heterocycles. The summed E-state index contributed by atoms with van der Waals surface area (Å²) in [5, 5.41) is 0. The molecule has 0 saturated carbocycles. The Balaban J connectivity index is 0. The highest BCUT2D eigenvalue weighted by molar-refractivity contribution is 5.78. The Hall–Kier alpha value is -0.410. The Kier molecular flexibility index (Phi) is 17.8. The summed E-state index contributed by atoms with van der Waals surface area (Å²) in [7, 11) is 4.41. The fourth-order valence-corrected chi connectivity index (χ4v) is 2.94. The Morgan fingerprint density at radius 2 is 1.65 bits per heavy atom. The first-order chi connectivity index (χ1) is 11.0. The molecule has 1 rings (SSSR count). The number of Topliss-reactive ketones (excluding diaryl/α,β-unsaturated/α-hetero) is 1. The van der Waals surface area contributed by atoms with E-state index in [1.165, 1.54) is 38.9 Å². The van der Waals surface area contributed by atoms with Crippen LogP contribution in [0.1, 0.15) is 73.6 Å². The SMILES string of the molecule is CC.CC.CCC(CCN(C)CCC1CCN(C)CC1)C(C)=O. The summed E-state index contributed by atoms with van der Waals surface area (Å²) in [6, 6.07) is 0. The van der Waals surface area contributed by atoms with Crippen LogP contribution in [0, 0.1) is 11.8 Å². The van der Waals surface area contributed by atoms with Crippen molar-refractivity contribution in [1.82, 2.24) is 9.80 Å². The molecule has 1 aliphatic heterocycles. The lowest BCUT2D eigenvalue weighted by atomic mass is 9.93. The van der Waals surface area contributed by atoms with Gasteiger partial charge in [-0.1, -0.05) is 34.6 Å². The molecule has 0 N–H and O–H groups in total. The molecule has 3 nitrogen and oxygen atoms in total. The van der Waals surface area contributed by atoms with Gasteiger partial charge in [0.05, 0.1) is 0 Å². The number of likely N-dealkylation sites (tertiary alicyclic amines) is 1. The molecule has 0 amide bonds. The molecular weight excluding hydrogens is 284 g/mol. The van der Waals surface area contributed by atoms with Crippen molar-refractivity contribution in [1.29, 1.82) is 0 Å². The van der Waals surface area contributed by atoms with Crippen molar-refractivity contribution in [2.45, 2.75) is 73.6 Å². The van der Waals surface area contributed by atoms with E-state index in [9.17, 15) is 4.79 Å². The summed E-state index contributed by atoms with van der Waals surface area (Å²) < 4.78 is 0. The number of ketones is 1. The van der Waals surface area contributed by atoms with Gasteiger partial charge in [0.25, 0.3) is 0 Å². The predicted molar refractivity (Wildman–Crippen MR) is 104 cm³/mol. The van der Waals surface area contributed by atoms with Gasteiger partial charge in [-0.05, 0) is 85.2 Å². The average molecular weight is 329 g/mol. The molecule has 1 heterocycles. The minimum Gasteiger partial charge on any atom is -0.306 e. The van der Waals surface area contributed by atoms with Crippen molar-refractivity contribution >= 4 is 5.78 Å². The van der Waals surface area contributed by atoms with Crippen LogP contribution in [0.2, 0.25) is 0 Å². The fraction of sp³-hybridized carbons (Fsp3) is 0.950. The van der Waals surface area contributed by atoms with Crippen molar-refractivity contribution in [2.75, 3.05) is 40.3 Å². The number of rotatable bonds is 8. The van der Waals surface area contributed by atoms with Gasteiger partial charge in [0.1, 0.15) is 5.78 Å². The summed E-state index contributed by atoms with van der Waals surface area (Å²) >= 11 is 0. The number of piperidine rings is 1. The zero-order chi connectivity index (χ0) is 18.3. The standard InChI is InChI=1S/C16H32N2O.2C2H6/c1-5-16(14(2)19)9-13-18(4)12-8-15-6-10-17(3)11-7-15;2*1-2/h15-16H,5-13H2,1-4H3;2*1-2H3. The second-order valence-corrected chi connectivity index (χ2v) is 6.34. The highest BCUT2D eigenvalue weighted by Crippen LogP contribution is 2.19. The third-order valence-corrected chi connectivity index (χ3v) is 4.68. The van der Waals surface area contributed by atoms with Gasteiger partial charge in [-0.25, -0.2) is 0 Å². The maximum absolute atomic E-state index is 11.4. The lowest BCUT2D eigenvalue weighted by Crippen LogP contribution is -2.32. The highest BCUT2D eigenvalue weighted by Gasteiger charge is 2.17. The first kappa shape index (κ1) is 24.8. The first-order valence-corrected chi connectivity index (χ1v) is 9.90. The van der Waals surface area contributed by atoms with Crippen LogP contribution in [0.5, 0.6) is 0 Å². The Morgan fingerprint density at radius 1 is 1.13 bits per heavy atom. The van der Waals surface area contributed by atoms with E-state index < -0.39 is 0 Å². The largest absolute Gasteiger partial charge is 0.306 e. The molecule has 0 aromatic heterocycles. The van der Waals surface area contributed by atoms with Crippen LogP contribution in [0.3, 0.4) is 0 Å². The molecule has 0 aliphatic carbocycles. The summed E-state index contributed by atoms with van der Waals surface area (Å²) in [6.07, 6.45) is 6.04. The molecule has 1 aliphatic rings. The first-order valence-electron chi connectivity index (χ1n) is 9.90. The quantitative estimate of drug-likeness (QED) is 0.645. The van der Waals surface area contributed by atoms with Crippen molar-refractivity contribution in [3.05, 3.63) is 0 Å². The van der Waals surface area contributed by atoms with Gasteiger partial charge >= 0.3 is 0 Å². The Bertz CT molecular complexity index is 260. The van der Waals surface area contributed by atoms with Crippen LogP contribution < -0.4 is 0 Å². The van der Waals surface area contributed by atoms with Crippen molar-refractivity contribution in [3.63, 3.8) is 0 Å². The summed E-state index contributed by atoms with van der Waals surface area (Å²) in [6.45, 7) is 16.6. The second kappa shape index (κ2) is 16.4. The highest BCUT2D eigenvalue weighted by atomic mass is 16.1. The van der Waals surface area contributed by atoms with Crippen molar-refractivity contribution < 1.29 is 4.79 Å². The predicted octanol–water partition coefficient (Wildman–Crippen LogP) is 4.71. The molecule has 0 aromatic carbocycles. The maximum atomic E-state index is 11.4. The van der Waals surface area contributed by atoms with Crippen LogP contribution in [0.4, 0.5) is 0 Å². The molecule has 23 heavy (non-hydrogen) atoms. The number of hydrogen-bond acceptors (Lipinski definition) is 3. The Labute approximate surface area is 146 Å². The summed E-state index contributed by atoms with van der Waals surface area (Å²) in [4.78, 5) is 16.2. The van der Waals surface area contributed by atoms with Crippen molar-refractivity contribution in [3.8, 4) is 0 Å². The van der Waals surface area contributed by atoms with Crippen LogP contribution in [0.15, 0.2) is 0 Å². The van der Waals surface area contributed by atoms with Crippen LogP contribution in [-0.2, 0) is 4.79 Å². The number of carbonyl (C=O) groups excluding carboxylic acids is 1. The second-order valence-electron chi connectivity index (χ2n) is 6.34. The minimum absolute atomic E-state index is 0.269. The number of carbonyl (C=O) groups is 1. The summed E-state index contributed by atoms with van der Waals surface area (Å²) in [5.41, 5.74) is 0. The number of nitrogens with zero attached hydrogens (tertiary/aromatic N) is 2. The fourth-order valence-electron chi connectivity index (χ4n) is 2.94. The lowest BCUT2D eigenvalue weighted by molar-refractivity contribution is -0.121. The Morgan fingerprint density at radius 3 is 2.09 bits per heavy atom. The van der Waals surface area contributed by atoms with Crippen LogP contribution in [0.25, 0.3) is 0 Å². The molecule has 1 atom stereocenters. The van der Waals surface area contributed by atoms with E-state index in [-0.39, 0.29) is 5.92 Å². The van der Waals surface area contributed by atoms with Gasteiger partial charge < -0.3 is 9.80 Å². The van der Waals surface area contributed by atoms with E-state index in [0.29, 0.717) is 5.78 Å². The monoisotopic (exact) mass is 328 g/mol. The van der Waals surface area contributed by atoms with E-state index >= 15 is 0 Å². The van der Waals surface area contributed by atoms with Gasteiger partial charge in [0.15, 0.2) is 0 Å². The maximum Gasteiger partial charge on any atom is 0.132 e. The van der Waals surface area contributed by atoms with Gasteiger partial charge in [-0.2, -0.15) is 0 Å². The lowest BCUT2D eigenvalue weighted by Gasteiger charge is -2.30. The topological polar surface area (TPSA) is 23.6 Å². The smallest absolute Gasteiger partial charge is 0.132 e. The normalized spacial score (nSPS) is 16.9. The van der Waals surface area contributed by atoms with Gasteiger partial charge in [-0.3, -0.25) is 4.79 Å². The molecule has 140 valence electrons. The van der Waals surface area contributed by atoms with E-state index in [0.717, 1.165) is 25.3 Å². The molecule has 3 heteroatoms. The van der Waals surface area contributed by atoms with E-state index in [1.807, 2.05) is 27.7 Å². The van der Waals surface area contributed by atoms with E-state index in [1.54, 1.807) is 6.92 Å². The van der Waals surface area contributed by atoms with E-state index in [2.05, 4.69) is 30.8 Å². The third-order valence-electron chi connectivity index (χ3n) is 4.68. The molecule has 0 bridgehead atoms. The molecule has 0 spiro atoms. The zero-order valence-electron chi connectivity index (χ0n) is 17.3. The van der Waals surface area contributed by atoms with Crippen LogP contribution in [-0.4, -0.2) is 55.9 Å². The molecule has 1 unspecified atom stereocenters. The number of hydrogen-bond donors (Lipinski definition) is 0. The zero-order valence-corrected chi connectivity index (χ0v) is 17.3. The molecular formula is C20H44N2O. The molecule has 0 radical (unpaired) electrons. The summed E-state index contributed by atoms with van der Waals surface area (Å²) in [5.74, 6) is 1.53. The third kappa shape index (κ3) is 12.7.